The summed E-state index contributed by atoms with van der Waals surface area (Å²) in [6, 6.07) is 0.688. The molecule has 4 nitrogen and oxygen atoms in total. The number of rotatable bonds is 1. The van der Waals surface area contributed by atoms with E-state index in [9.17, 15) is 4.79 Å². The zero-order valence-corrected chi connectivity index (χ0v) is 13.9. The van der Waals surface area contributed by atoms with Gasteiger partial charge in [-0.25, -0.2) is 0 Å². The lowest BCUT2D eigenvalue weighted by Crippen LogP contribution is -2.50. The van der Waals surface area contributed by atoms with Crippen LogP contribution in [0.25, 0.3) is 0 Å². The van der Waals surface area contributed by atoms with Gasteiger partial charge in [0, 0.05) is 26.1 Å². The number of piperidine rings is 2. The quantitative estimate of drug-likeness (QED) is 0.744. The molecule has 0 aromatic rings. The van der Waals surface area contributed by atoms with Crippen LogP contribution in [-0.2, 0) is 9.53 Å². The molecule has 3 heterocycles. The maximum absolute atomic E-state index is 11.4. The normalized spacial score (nSPS) is 30.0. The third-order valence-corrected chi connectivity index (χ3v) is 5.85. The molecule has 3 aliphatic rings. The summed E-state index contributed by atoms with van der Waals surface area (Å²) >= 11 is 0. The van der Waals surface area contributed by atoms with Gasteiger partial charge in [0.1, 0.15) is 0 Å². The predicted molar refractivity (Wildman–Crippen MR) is 83.2 cm³/mol. The highest BCUT2D eigenvalue weighted by Gasteiger charge is 2.46. The molecule has 0 N–H and O–H groups in total. The fourth-order valence-electron chi connectivity index (χ4n) is 4.58. The fourth-order valence-corrected chi connectivity index (χ4v) is 4.58. The van der Waals surface area contributed by atoms with E-state index in [0.717, 1.165) is 32.5 Å². The van der Waals surface area contributed by atoms with E-state index in [1.165, 1.54) is 32.4 Å². The van der Waals surface area contributed by atoms with Gasteiger partial charge in [-0.05, 0) is 64.5 Å². The average Bonchev–Trinajstić information content (AvgIpc) is 2.75. The van der Waals surface area contributed by atoms with Crippen LogP contribution in [0.15, 0.2) is 0 Å². The second-order valence-electron chi connectivity index (χ2n) is 8.00. The van der Waals surface area contributed by atoms with Gasteiger partial charge in [-0.3, -0.25) is 4.79 Å². The molecule has 0 atom stereocenters. The number of likely N-dealkylation sites (tertiary alicyclic amines) is 2. The minimum atomic E-state index is 0.0784. The lowest BCUT2D eigenvalue weighted by Gasteiger charge is -2.44. The lowest BCUT2D eigenvalue weighted by atomic mass is 9.74. The van der Waals surface area contributed by atoms with Crippen molar-refractivity contribution in [3.8, 4) is 0 Å². The third-order valence-electron chi connectivity index (χ3n) is 5.85. The third kappa shape index (κ3) is 3.26. The Bertz CT molecular complexity index is 392. The Labute approximate surface area is 128 Å². The second kappa shape index (κ2) is 5.54. The van der Waals surface area contributed by atoms with Crippen molar-refractivity contribution in [3.63, 3.8) is 0 Å². The number of carbonyl (C=O) groups is 1. The summed E-state index contributed by atoms with van der Waals surface area (Å²) in [5.41, 5.74) is 0.523. The van der Waals surface area contributed by atoms with Crippen molar-refractivity contribution >= 4 is 5.91 Å². The minimum absolute atomic E-state index is 0.0784. The van der Waals surface area contributed by atoms with Gasteiger partial charge < -0.3 is 14.5 Å². The summed E-state index contributed by atoms with van der Waals surface area (Å²) in [4.78, 5) is 16.1. The Morgan fingerprint density at radius 3 is 2.19 bits per heavy atom. The molecule has 0 saturated carbocycles. The molecule has 120 valence electrons. The number of nitrogens with zero attached hydrogens (tertiary/aromatic N) is 2. The molecule has 0 aromatic carbocycles. The smallest absolute Gasteiger partial charge is 0.219 e. The zero-order valence-electron chi connectivity index (χ0n) is 13.9. The van der Waals surface area contributed by atoms with Crippen LogP contribution in [0, 0.1) is 5.41 Å². The molecule has 0 unspecified atom stereocenters. The van der Waals surface area contributed by atoms with E-state index < -0.39 is 0 Å². The molecular weight excluding hydrogens is 264 g/mol. The van der Waals surface area contributed by atoms with Gasteiger partial charge in [-0.2, -0.15) is 0 Å². The van der Waals surface area contributed by atoms with Crippen molar-refractivity contribution in [2.75, 3.05) is 32.8 Å². The van der Waals surface area contributed by atoms with Crippen LogP contribution in [0.4, 0.5) is 0 Å². The molecule has 3 rings (SSSR count). The summed E-state index contributed by atoms with van der Waals surface area (Å²) < 4.78 is 5.99. The van der Waals surface area contributed by atoms with E-state index >= 15 is 0 Å². The van der Waals surface area contributed by atoms with Crippen molar-refractivity contribution in [2.45, 2.75) is 64.5 Å². The molecule has 1 amide bonds. The van der Waals surface area contributed by atoms with E-state index in [2.05, 4.69) is 18.7 Å². The zero-order chi connectivity index (χ0) is 15.1. The summed E-state index contributed by atoms with van der Waals surface area (Å²) in [5, 5.41) is 0. The maximum Gasteiger partial charge on any atom is 0.219 e. The average molecular weight is 294 g/mol. The van der Waals surface area contributed by atoms with Gasteiger partial charge >= 0.3 is 0 Å². The van der Waals surface area contributed by atoms with E-state index in [1.54, 1.807) is 6.92 Å². The molecule has 4 heteroatoms. The first-order chi connectivity index (χ1) is 9.89. The van der Waals surface area contributed by atoms with Gasteiger partial charge in [0.25, 0.3) is 0 Å². The highest BCUT2D eigenvalue weighted by molar-refractivity contribution is 5.73. The van der Waals surface area contributed by atoms with Crippen LogP contribution in [0.1, 0.15) is 52.9 Å². The standard InChI is InChI=1S/C17H30N2O2/c1-14(20)18-8-4-15(5-9-18)19-10-6-17(7-11-19)12-16(2,3)21-13-17/h15H,4-13H2,1-3H3. The molecule has 0 bridgehead atoms. The van der Waals surface area contributed by atoms with Crippen molar-refractivity contribution < 1.29 is 9.53 Å². The summed E-state index contributed by atoms with van der Waals surface area (Å²) in [6.07, 6.45) is 6.08. The van der Waals surface area contributed by atoms with Crippen LogP contribution in [0.3, 0.4) is 0 Å². The Morgan fingerprint density at radius 1 is 1.10 bits per heavy atom. The number of carbonyl (C=O) groups excluding carboxylic acids is 1. The predicted octanol–water partition coefficient (Wildman–Crippen LogP) is 2.28. The largest absolute Gasteiger partial charge is 0.375 e. The molecule has 1 spiro atoms. The van der Waals surface area contributed by atoms with E-state index in [0.29, 0.717) is 11.5 Å². The first-order valence-corrected chi connectivity index (χ1v) is 8.53. The second-order valence-corrected chi connectivity index (χ2v) is 8.00. The highest BCUT2D eigenvalue weighted by atomic mass is 16.5. The number of ether oxygens (including phenoxy) is 1. The van der Waals surface area contributed by atoms with Crippen LogP contribution in [-0.4, -0.2) is 60.1 Å². The summed E-state index contributed by atoms with van der Waals surface area (Å²) in [5.74, 6) is 0.233. The lowest BCUT2D eigenvalue weighted by molar-refractivity contribution is -0.130. The van der Waals surface area contributed by atoms with E-state index in [1.807, 2.05) is 4.90 Å². The van der Waals surface area contributed by atoms with E-state index in [-0.39, 0.29) is 11.5 Å². The highest BCUT2D eigenvalue weighted by Crippen LogP contribution is 2.46. The van der Waals surface area contributed by atoms with Gasteiger partial charge in [-0.15, -0.1) is 0 Å². The van der Waals surface area contributed by atoms with Gasteiger partial charge in [0.15, 0.2) is 0 Å². The Morgan fingerprint density at radius 2 is 1.71 bits per heavy atom. The Balaban J connectivity index is 1.50. The SMILES string of the molecule is CC(=O)N1CCC(N2CCC3(CC2)COC(C)(C)C3)CC1. The van der Waals surface area contributed by atoms with Gasteiger partial charge in [0.05, 0.1) is 12.2 Å². The van der Waals surface area contributed by atoms with Crippen LogP contribution in [0.2, 0.25) is 0 Å². The monoisotopic (exact) mass is 294 g/mol. The van der Waals surface area contributed by atoms with E-state index in [4.69, 9.17) is 4.74 Å². The molecule has 0 radical (unpaired) electrons. The van der Waals surface area contributed by atoms with Crippen LogP contribution in [0.5, 0.6) is 0 Å². The van der Waals surface area contributed by atoms with Crippen LogP contribution >= 0.6 is 0 Å². The summed E-state index contributed by atoms with van der Waals surface area (Å²) in [7, 11) is 0. The molecule has 0 aliphatic carbocycles. The van der Waals surface area contributed by atoms with Crippen molar-refractivity contribution in [1.82, 2.24) is 9.80 Å². The minimum Gasteiger partial charge on any atom is -0.375 e. The summed E-state index contributed by atoms with van der Waals surface area (Å²) in [6.45, 7) is 11.4. The van der Waals surface area contributed by atoms with Crippen LogP contribution < -0.4 is 0 Å². The Hall–Kier alpha value is -0.610. The molecular formula is C17H30N2O2. The van der Waals surface area contributed by atoms with Crippen molar-refractivity contribution in [2.24, 2.45) is 5.41 Å². The number of amides is 1. The molecule has 3 fully saturated rings. The first kappa shape index (κ1) is 15.3. The molecule has 21 heavy (non-hydrogen) atoms. The fraction of sp³-hybridized carbons (Fsp3) is 0.941. The van der Waals surface area contributed by atoms with Gasteiger partial charge in [-0.1, -0.05) is 0 Å². The molecule has 0 aromatic heterocycles. The van der Waals surface area contributed by atoms with Crippen molar-refractivity contribution in [3.05, 3.63) is 0 Å². The topological polar surface area (TPSA) is 32.8 Å². The Kier molecular flexibility index (Phi) is 4.04. The van der Waals surface area contributed by atoms with Crippen molar-refractivity contribution in [1.29, 1.82) is 0 Å². The molecule has 3 saturated heterocycles. The van der Waals surface area contributed by atoms with Gasteiger partial charge in [0.2, 0.25) is 5.91 Å². The maximum atomic E-state index is 11.4. The molecule has 3 aliphatic heterocycles. The number of hydrogen-bond acceptors (Lipinski definition) is 3. The first-order valence-electron chi connectivity index (χ1n) is 8.53. The number of hydrogen-bond donors (Lipinski definition) is 0.